The number of benzene rings is 1. The normalized spacial score (nSPS) is 11.7. The lowest BCUT2D eigenvalue weighted by molar-refractivity contribution is -0.117. The molecule has 0 aliphatic carbocycles. The number of esters is 1. The third-order valence-corrected chi connectivity index (χ3v) is 3.77. The highest BCUT2D eigenvalue weighted by Gasteiger charge is 2.19. The number of hydrogen-bond donors (Lipinski definition) is 2. The van der Waals surface area contributed by atoms with Crippen LogP contribution >= 0.6 is 11.3 Å². The number of thiophene rings is 1. The Bertz CT molecular complexity index is 626. The molecule has 2 aromatic rings. The minimum Gasteiger partial charge on any atom is -0.462 e. The topological polar surface area (TPSA) is 81.4 Å². The Hall–Kier alpha value is -2.18. The van der Waals surface area contributed by atoms with E-state index in [4.69, 9.17) is 10.5 Å². The number of rotatable bonds is 5. The molecule has 6 heteroatoms. The standard InChI is InChI=1S/C15H16N2O3S/c1-2-20-15(19)10-6-3-4-7-11(10)17-14(18)13(16)12-8-5-9-21-12/h3-9,13H,2,16H2,1H3,(H,17,18). The van der Waals surface area contributed by atoms with E-state index < -0.39 is 12.0 Å². The zero-order chi connectivity index (χ0) is 15.2. The van der Waals surface area contributed by atoms with Crippen LogP contribution in [-0.4, -0.2) is 18.5 Å². The van der Waals surface area contributed by atoms with E-state index >= 15 is 0 Å². The van der Waals surface area contributed by atoms with Gasteiger partial charge in [0.15, 0.2) is 0 Å². The summed E-state index contributed by atoms with van der Waals surface area (Å²) < 4.78 is 4.96. The van der Waals surface area contributed by atoms with E-state index in [0.717, 1.165) is 4.88 Å². The number of carbonyl (C=O) groups is 2. The third-order valence-electron chi connectivity index (χ3n) is 2.81. The van der Waals surface area contributed by atoms with E-state index in [-0.39, 0.29) is 12.5 Å². The van der Waals surface area contributed by atoms with Crippen LogP contribution in [0.3, 0.4) is 0 Å². The Morgan fingerprint density at radius 1 is 1.29 bits per heavy atom. The number of amides is 1. The van der Waals surface area contributed by atoms with E-state index in [2.05, 4.69) is 5.32 Å². The largest absolute Gasteiger partial charge is 0.462 e. The van der Waals surface area contributed by atoms with Gasteiger partial charge in [0.2, 0.25) is 5.91 Å². The van der Waals surface area contributed by atoms with E-state index in [9.17, 15) is 9.59 Å². The van der Waals surface area contributed by atoms with Crippen molar-refractivity contribution in [1.82, 2.24) is 0 Å². The Labute approximate surface area is 126 Å². The van der Waals surface area contributed by atoms with Gasteiger partial charge < -0.3 is 15.8 Å². The van der Waals surface area contributed by atoms with E-state index in [1.54, 1.807) is 37.3 Å². The first-order valence-corrected chi connectivity index (χ1v) is 7.37. The average molecular weight is 304 g/mol. The lowest BCUT2D eigenvalue weighted by Crippen LogP contribution is -2.27. The fourth-order valence-electron chi connectivity index (χ4n) is 1.79. The first-order valence-electron chi connectivity index (χ1n) is 6.49. The summed E-state index contributed by atoms with van der Waals surface area (Å²) in [4.78, 5) is 24.8. The van der Waals surface area contributed by atoms with Crippen molar-refractivity contribution in [2.75, 3.05) is 11.9 Å². The van der Waals surface area contributed by atoms with Gasteiger partial charge in [0, 0.05) is 4.88 Å². The van der Waals surface area contributed by atoms with Crippen molar-refractivity contribution in [3.05, 3.63) is 52.2 Å². The lowest BCUT2D eigenvalue weighted by atomic mass is 10.1. The average Bonchev–Trinajstić information content (AvgIpc) is 3.01. The molecule has 110 valence electrons. The summed E-state index contributed by atoms with van der Waals surface area (Å²) in [6.45, 7) is 2.00. The summed E-state index contributed by atoms with van der Waals surface area (Å²) in [5, 5.41) is 4.54. The molecule has 0 aliphatic rings. The second kappa shape index (κ2) is 7.01. The zero-order valence-electron chi connectivity index (χ0n) is 11.5. The van der Waals surface area contributed by atoms with Gasteiger partial charge in [0.05, 0.1) is 17.9 Å². The second-order valence-electron chi connectivity index (χ2n) is 4.25. The van der Waals surface area contributed by atoms with Gasteiger partial charge in [-0.15, -0.1) is 11.3 Å². The van der Waals surface area contributed by atoms with Crippen LogP contribution in [0.5, 0.6) is 0 Å². The van der Waals surface area contributed by atoms with Gasteiger partial charge >= 0.3 is 5.97 Å². The summed E-state index contributed by atoms with van der Waals surface area (Å²) in [5.41, 5.74) is 6.61. The molecule has 21 heavy (non-hydrogen) atoms. The van der Waals surface area contributed by atoms with E-state index in [0.29, 0.717) is 11.3 Å². The molecule has 2 rings (SSSR count). The predicted octanol–water partition coefficient (Wildman–Crippen LogP) is 2.56. The molecule has 1 atom stereocenters. The Balaban J connectivity index is 2.16. The van der Waals surface area contributed by atoms with Crippen LogP contribution in [0.15, 0.2) is 41.8 Å². The van der Waals surface area contributed by atoms with Crippen LogP contribution in [0.1, 0.15) is 28.2 Å². The fourth-order valence-corrected chi connectivity index (χ4v) is 2.51. The summed E-state index contributed by atoms with van der Waals surface area (Å²) >= 11 is 1.41. The van der Waals surface area contributed by atoms with Crippen molar-refractivity contribution >= 4 is 28.9 Å². The van der Waals surface area contributed by atoms with Crippen molar-refractivity contribution in [2.45, 2.75) is 13.0 Å². The number of anilines is 1. The van der Waals surface area contributed by atoms with Crippen LogP contribution < -0.4 is 11.1 Å². The highest BCUT2D eigenvalue weighted by atomic mass is 32.1. The molecular weight excluding hydrogens is 288 g/mol. The maximum atomic E-state index is 12.2. The maximum Gasteiger partial charge on any atom is 0.340 e. The van der Waals surface area contributed by atoms with Crippen molar-refractivity contribution in [3.8, 4) is 0 Å². The molecule has 1 amide bonds. The minimum absolute atomic E-state index is 0.274. The van der Waals surface area contributed by atoms with Gasteiger partial charge in [-0.2, -0.15) is 0 Å². The smallest absolute Gasteiger partial charge is 0.340 e. The molecule has 0 saturated heterocycles. The predicted molar refractivity (Wildman–Crippen MR) is 82.3 cm³/mol. The Morgan fingerprint density at radius 2 is 2.05 bits per heavy atom. The van der Waals surface area contributed by atoms with E-state index in [1.165, 1.54) is 11.3 Å². The van der Waals surface area contributed by atoms with E-state index in [1.807, 2.05) is 11.4 Å². The molecule has 0 spiro atoms. The third kappa shape index (κ3) is 3.68. The highest BCUT2D eigenvalue weighted by Crippen LogP contribution is 2.21. The van der Waals surface area contributed by atoms with Crippen LogP contribution in [0.25, 0.3) is 0 Å². The highest BCUT2D eigenvalue weighted by molar-refractivity contribution is 7.10. The Kier molecular flexibility index (Phi) is 5.08. The van der Waals surface area contributed by atoms with Crippen molar-refractivity contribution in [1.29, 1.82) is 0 Å². The second-order valence-corrected chi connectivity index (χ2v) is 5.23. The minimum atomic E-state index is -0.764. The molecular formula is C15H16N2O3S. The number of carbonyl (C=O) groups excluding carboxylic acids is 2. The summed E-state index contributed by atoms with van der Waals surface area (Å²) in [6, 6.07) is 9.55. The molecule has 1 heterocycles. The van der Waals surface area contributed by atoms with Gasteiger partial charge in [-0.1, -0.05) is 18.2 Å². The molecule has 1 unspecified atom stereocenters. The quantitative estimate of drug-likeness (QED) is 0.832. The SMILES string of the molecule is CCOC(=O)c1ccccc1NC(=O)C(N)c1cccs1. The number of para-hydroxylation sites is 1. The number of nitrogens with one attached hydrogen (secondary N) is 1. The van der Waals surface area contributed by atoms with Gasteiger partial charge in [0.25, 0.3) is 0 Å². The summed E-state index contributed by atoms with van der Waals surface area (Å²) in [7, 11) is 0. The summed E-state index contributed by atoms with van der Waals surface area (Å²) in [5.74, 6) is -0.840. The van der Waals surface area contributed by atoms with Crippen LogP contribution in [0, 0.1) is 0 Å². The molecule has 0 radical (unpaired) electrons. The van der Waals surface area contributed by atoms with Gasteiger partial charge in [0.1, 0.15) is 6.04 Å². The molecule has 0 fully saturated rings. The molecule has 3 N–H and O–H groups in total. The first kappa shape index (κ1) is 15.2. The van der Waals surface area contributed by atoms with Gasteiger partial charge in [-0.3, -0.25) is 4.79 Å². The fraction of sp³-hybridized carbons (Fsp3) is 0.200. The van der Waals surface area contributed by atoms with Gasteiger partial charge in [-0.25, -0.2) is 4.79 Å². The number of ether oxygens (including phenoxy) is 1. The van der Waals surface area contributed by atoms with Crippen LogP contribution in [0.2, 0.25) is 0 Å². The Morgan fingerprint density at radius 3 is 2.71 bits per heavy atom. The first-order chi connectivity index (χ1) is 10.1. The van der Waals surface area contributed by atoms with Crippen molar-refractivity contribution < 1.29 is 14.3 Å². The molecule has 1 aromatic carbocycles. The monoisotopic (exact) mass is 304 g/mol. The lowest BCUT2D eigenvalue weighted by Gasteiger charge is -2.13. The van der Waals surface area contributed by atoms with Crippen molar-refractivity contribution in [2.24, 2.45) is 5.73 Å². The number of hydrogen-bond acceptors (Lipinski definition) is 5. The van der Waals surface area contributed by atoms with Gasteiger partial charge in [-0.05, 0) is 30.5 Å². The van der Waals surface area contributed by atoms with Crippen molar-refractivity contribution in [3.63, 3.8) is 0 Å². The number of nitrogens with two attached hydrogens (primary N) is 1. The van der Waals surface area contributed by atoms with Crippen LogP contribution in [0.4, 0.5) is 5.69 Å². The molecule has 0 bridgehead atoms. The zero-order valence-corrected chi connectivity index (χ0v) is 12.4. The molecule has 5 nitrogen and oxygen atoms in total. The molecule has 1 aromatic heterocycles. The molecule has 0 aliphatic heterocycles. The summed E-state index contributed by atoms with van der Waals surface area (Å²) in [6.07, 6.45) is 0. The maximum absolute atomic E-state index is 12.2. The van der Waals surface area contributed by atoms with Crippen LogP contribution in [-0.2, 0) is 9.53 Å². The molecule has 0 saturated carbocycles.